The minimum Gasteiger partial charge on any atom is -0.455 e. The third-order valence-electron chi connectivity index (χ3n) is 4.90. The number of carbonyl (C=O) groups is 1. The van der Waals surface area contributed by atoms with Crippen molar-refractivity contribution in [1.29, 1.82) is 0 Å². The standard InChI is InChI=1S/C25H29FN2O3/c1-19-7-9-20(10-8-19)16-28(17-21-5-3-6-22(26)15-21)18-23-11-12-24(31-23)25(29)27-13-4-14-30-2/h3,5-12,15H,4,13-14,16-18H2,1-2H3,(H,27,29). The van der Waals surface area contributed by atoms with Crippen LogP contribution in [-0.2, 0) is 24.4 Å². The number of benzene rings is 2. The quantitative estimate of drug-likeness (QED) is 0.454. The fourth-order valence-electron chi connectivity index (χ4n) is 3.32. The minimum absolute atomic E-state index is 0.238. The Hall–Kier alpha value is -2.96. The molecule has 0 saturated carbocycles. The van der Waals surface area contributed by atoms with Gasteiger partial charge in [-0.05, 0) is 48.7 Å². The van der Waals surface area contributed by atoms with Crippen LogP contribution in [0, 0.1) is 12.7 Å². The molecule has 0 bridgehead atoms. The first-order valence-corrected chi connectivity index (χ1v) is 10.4. The summed E-state index contributed by atoms with van der Waals surface area (Å²) in [5.74, 6) is 0.481. The molecule has 1 amide bonds. The Morgan fingerprint density at radius 3 is 2.55 bits per heavy atom. The maximum Gasteiger partial charge on any atom is 0.286 e. The van der Waals surface area contributed by atoms with E-state index in [1.165, 1.54) is 11.6 Å². The largest absolute Gasteiger partial charge is 0.455 e. The summed E-state index contributed by atoms with van der Waals surface area (Å²) in [4.78, 5) is 14.4. The first kappa shape index (κ1) is 22.7. The van der Waals surface area contributed by atoms with Gasteiger partial charge in [0.25, 0.3) is 5.91 Å². The van der Waals surface area contributed by atoms with Crippen molar-refractivity contribution in [1.82, 2.24) is 10.2 Å². The van der Waals surface area contributed by atoms with E-state index in [1.54, 1.807) is 25.3 Å². The maximum atomic E-state index is 13.7. The lowest BCUT2D eigenvalue weighted by molar-refractivity contribution is 0.0916. The van der Waals surface area contributed by atoms with Crippen LogP contribution < -0.4 is 5.32 Å². The second-order valence-electron chi connectivity index (χ2n) is 7.63. The van der Waals surface area contributed by atoms with Crippen LogP contribution in [0.3, 0.4) is 0 Å². The molecule has 0 aliphatic heterocycles. The van der Waals surface area contributed by atoms with E-state index in [0.29, 0.717) is 38.5 Å². The highest BCUT2D eigenvalue weighted by atomic mass is 19.1. The van der Waals surface area contributed by atoms with Gasteiger partial charge in [0.1, 0.15) is 11.6 Å². The molecule has 31 heavy (non-hydrogen) atoms. The number of methoxy groups -OCH3 is 1. The number of ether oxygens (including phenoxy) is 1. The molecular weight excluding hydrogens is 395 g/mol. The lowest BCUT2D eigenvalue weighted by Crippen LogP contribution is -2.25. The smallest absolute Gasteiger partial charge is 0.286 e. The Morgan fingerprint density at radius 2 is 1.81 bits per heavy atom. The third kappa shape index (κ3) is 7.35. The molecule has 0 aliphatic carbocycles. The summed E-state index contributed by atoms with van der Waals surface area (Å²) in [6.45, 7) is 4.92. The predicted octanol–water partition coefficient (Wildman–Crippen LogP) is 4.70. The number of hydrogen-bond donors (Lipinski definition) is 1. The van der Waals surface area contributed by atoms with Gasteiger partial charge >= 0.3 is 0 Å². The van der Waals surface area contributed by atoms with Gasteiger partial charge in [-0.1, -0.05) is 42.0 Å². The van der Waals surface area contributed by atoms with Crippen molar-refractivity contribution in [2.75, 3.05) is 20.3 Å². The Bertz CT molecular complexity index is 969. The monoisotopic (exact) mass is 424 g/mol. The zero-order chi connectivity index (χ0) is 22.1. The molecule has 164 valence electrons. The van der Waals surface area contributed by atoms with Gasteiger partial charge in [-0.15, -0.1) is 0 Å². The summed E-state index contributed by atoms with van der Waals surface area (Å²) in [5, 5.41) is 2.82. The van der Waals surface area contributed by atoms with Crippen molar-refractivity contribution in [3.63, 3.8) is 0 Å². The molecule has 0 spiro atoms. The zero-order valence-electron chi connectivity index (χ0n) is 18.1. The van der Waals surface area contributed by atoms with Gasteiger partial charge in [0.05, 0.1) is 6.54 Å². The number of amides is 1. The van der Waals surface area contributed by atoms with E-state index in [1.807, 2.05) is 12.1 Å². The summed E-state index contributed by atoms with van der Waals surface area (Å²) < 4.78 is 24.4. The minimum atomic E-state index is -0.252. The average Bonchev–Trinajstić information content (AvgIpc) is 3.21. The van der Waals surface area contributed by atoms with Crippen molar-refractivity contribution < 1.29 is 18.3 Å². The molecule has 0 saturated heterocycles. The lowest BCUT2D eigenvalue weighted by Gasteiger charge is -2.22. The van der Waals surface area contributed by atoms with Gasteiger partial charge in [0.2, 0.25) is 0 Å². The second kappa shape index (κ2) is 11.4. The number of rotatable bonds is 11. The van der Waals surface area contributed by atoms with E-state index >= 15 is 0 Å². The number of nitrogens with zero attached hydrogens (tertiary/aromatic N) is 1. The molecule has 3 aromatic rings. The third-order valence-corrected chi connectivity index (χ3v) is 4.90. The molecule has 2 aromatic carbocycles. The van der Waals surface area contributed by atoms with E-state index in [0.717, 1.165) is 17.5 Å². The van der Waals surface area contributed by atoms with E-state index in [-0.39, 0.29) is 17.5 Å². The molecule has 0 radical (unpaired) electrons. The summed E-state index contributed by atoms with van der Waals surface area (Å²) >= 11 is 0. The van der Waals surface area contributed by atoms with E-state index < -0.39 is 0 Å². The number of furan rings is 1. The summed E-state index contributed by atoms with van der Waals surface area (Å²) in [7, 11) is 1.63. The van der Waals surface area contributed by atoms with E-state index in [9.17, 15) is 9.18 Å². The Balaban J connectivity index is 1.68. The van der Waals surface area contributed by atoms with Crippen molar-refractivity contribution in [2.24, 2.45) is 0 Å². The average molecular weight is 425 g/mol. The van der Waals surface area contributed by atoms with Crippen LogP contribution in [0.4, 0.5) is 4.39 Å². The van der Waals surface area contributed by atoms with E-state index in [4.69, 9.17) is 9.15 Å². The molecule has 1 N–H and O–H groups in total. The van der Waals surface area contributed by atoms with Gasteiger partial charge in [0.15, 0.2) is 5.76 Å². The molecule has 0 aliphatic rings. The fraction of sp³-hybridized carbons (Fsp3) is 0.320. The van der Waals surface area contributed by atoms with Crippen molar-refractivity contribution >= 4 is 5.91 Å². The molecule has 0 fully saturated rings. The second-order valence-corrected chi connectivity index (χ2v) is 7.63. The van der Waals surface area contributed by atoms with Gasteiger partial charge in [0, 0.05) is 33.4 Å². The highest BCUT2D eigenvalue weighted by Crippen LogP contribution is 2.17. The van der Waals surface area contributed by atoms with Crippen LogP contribution in [-0.4, -0.2) is 31.1 Å². The molecule has 1 aromatic heterocycles. The van der Waals surface area contributed by atoms with Crippen molar-refractivity contribution in [3.8, 4) is 0 Å². The normalized spacial score (nSPS) is 11.1. The highest BCUT2D eigenvalue weighted by molar-refractivity contribution is 5.91. The van der Waals surface area contributed by atoms with Gasteiger partial charge in [-0.2, -0.15) is 0 Å². The van der Waals surface area contributed by atoms with Crippen LogP contribution in [0.2, 0.25) is 0 Å². The maximum absolute atomic E-state index is 13.7. The fourth-order valence-corrected chi connectivity index (χ4v) is 3.32. The lowest BCUT2D eigenvalue weighted by atomic mass is 10.1. The van der Waals surface area contributed by atoms with Crippen molar-refractivity contribution in [2.45, 2.75) is 33.0 Å². The van der Waals surface area contributed by atoms with Gasteiger partial charge in [-0.25, -0.2) is 4.39 Å². The first-order valence-electron chi connectivity index (χ1n) is 10.4. The highest BCUT2D eigenvalue weighted by Gasteiger charge is 2.15. The predicted molar refractivity (Wildman–Crippen MR) is 118 cm³/mol. The van der Waals surface area contributed by atoms with Crippen LogP contribution in [0.15, 0.2) is 65.1 Å². The number of nitrogens with one attached hydrogen (secondary N) is 1. The number of aryl methyl sites for hydroxylation is 1. The Kier molecular flexibility index (Phi) is 8.38. The van der Waals surface area contributed by atoms with Crippen LogP contribution in [0.1, 0.15) is 39.4 Å². The van der Waals surface area contributed by atoms with Crippen LogP contribution in [0.25, 0.3) is 0 Å². The molecule has 5 nitrogen and oxygen atoms in total. The van der Waals surface area contributed by atoms with Gasteiger partial charge < -0.3 is 14.5 Å². The van der Waals surface area contributed by atoms with Gasteiger partial charge in [-0.3, -0.25) is 9.69 Å². The van der Waals surface area contributed by atoms with Crippen molar-refractivity contribution in [3.05, 3.63) is 94.7 Å². The zero-order valence-corrected chi connectivity index (χ0v) is 18.1. The topological polar surface area (TPSA) is 54.7 Å². The molecule has 0 atom stereocenters. The SMILES string of the molecule is COCCCNC(=O)c1ccc(CN(Cc2ccc(C)cc2)Cc2cccc(F)c2)o1. The van der Waals surface area contributed by atoms with Crippen LogP contribution in [0.5, 0.6) is 0 Å². The first-order chi connectivity index (χ1) is 15.0. The summed E-state index contributed by atoms with van der Waals surface area (Å²) in [6, 6.07) is 18.5. The molecule has 0 unspecified atom stereocenters. The number of halogens is 1. The molecule has 1 heterocycles. The molecular formula is C25H29FN2O3. The van der Waals surface area contributed by atoms with E-state index in [2.05, 4.69) is 41.4 Å². The summed E-state index contributed by atoms with van der Waals surface area (Å²) in [5.41, 5.74) is 3.24. The number of hydrogen-bond acceptors (Lipinski definition) is 4. The van der Waals surface area contributed by atoms with Crippen LogP contribution >= 0.6 is 0 Å². The molecule has 3 rings (SSSR count). The Labute approximate surface area is 182 Å². The number of carbonyl (C=O) groups excluding carboxylic acids is 1. The Morgan fingerprint density at radius 1 is 1.03 bits per heavy atom. The molecule has 6 heteroatoms. The summed E-state index contributed by atoms with van der Waals surface area (Å²) in [6.07, 6.45) is 0.744.